The van der Waals surface area contributed by atoms with Gasteiger partial charge >= 0.3 is 6.09 Å². The third-order valence-corrected chi connectivity index (χ3v) is 6.04. The average Bonchev–Trinajstić information content (AvgIpc) is 3.52. The van der Waals surface area contributed by atoms with Crippen molar-refractivity contribution in [3.05, 3.63) is 33.8 Å². The summed E-state index contributed by atoms with van der Waals surface area (Å²) in [4.78, 5) is 22.3. The van der Waals surface area contributed by atoms with Gasteiger partial charge in [-0.25, -0.2) is 9.78 Å². The fourth-order valence-corrected chi connectivity index (χ4v) is 3.69. The summed E-state index contributed by atoms with van der Waals surface area (Å²) in [5.41, 5.74) is 0.511. The summed E-state index contributed by atoms with van der Waals surface area (Å²) in [5, 5.41) is 3.71. The quantitative estimate of drug-likeness (QED) is 0.755. The van der Waals surface area contributed by atoms with Crippen LogP contribution in [0.2, 0.25) is 0 Å². The number of carbonyl (C=O) groups excluding carboxylic acids is 1. The number of hydrogen-bond acceptors (Lipinski definition) is 6. The first-order valence-corrected chi connectivity index (χ1v) is 10.3. The molecule has 0 radical (unpaired) electrons. The molecule has 1 amide bonds. The fraction of sp³-hybridized carbons (Fsp3) is 0.550. The van der Waals surface area contributed by atoms with Crippen LogP contribution >= 0.6 is 11.3 Å². The largest absolute Gasteiger partial charge is 0.477 e. The zero-order chi connectivity index (χ0) is 19.0. The highest BCUT2D eigenvalue weighted by Crippen LogP contribution is 2.44. The summed E-state index contributed by atoms with van der Waals surface area (Å²) in [5.74, 6) is 2.05. The van der Waals surface area contributed by atoms with Crippen molar-refractivity contribution in [3.63, 3.8) is 0 Å². The van der Waals surface area contributed by atoms with Gasteiger partial charge < -0.3 is 14.8 Å². The van der Waals surface area contributed by atoms with Crippen LogP contribution in [0.3, 0.4) is 0 Å². The Morgan fingerprint density at radius 3 is 2.70 bits per heavy atom. The van der Waals surface area contributed by atoms with Gasteiger partial charge in [-0.1, -0.05) is 0 Å². The Bertz CT molecular complexity index is 841. The number of ether oxygens (including phenoxy) is 2. The predicted octanol–water partition coefficient (Wildman–Crippen LogP) is 4.54. The predicted molar refractivity (Wildman–Crippen MR) is 103 cm³/mol. The normalized spacial score (nSPS) is 16.9. The number of aryl methyl sites for hydroxylation is 1. The maximum Gasteiger partial charge on any atom is 0.414 e. The lowest BCUT2D eigenvalue weighted by atomic mass is 10.1. The van der Waals surface area contributed by atoms with Crippen molar-refractivity contribution in [3.8, 4) is 11.8 Å². The number of thiazole rings is 1. The number of amides is 1. The molecule has 2 fully saturated rings. The molecule has 2 aromatic rings. The maximum absolute atomic E-state index is 12.4. The Morgan fingerprint density at radius 2 is 2.07 bits per heavy atom. The molecule has 0 atom stereocenters. The van der Waals surface area contributed by atoms with Crippen LogP contribution in [0.5, 0.6) is 11.8 Å². The Balaban J connectivity index is 1.43. The van der Waals surface area contributed by atoms with Crippen molar-refractivity contribution in [1.29, 1.82) is 0 Å². The van der Waals surface area contributed by atoms with Crippen LogP contribution in [0.4, 0.5) is 4.79 Å². The van der Waals surface area contributed by atoms with Crippen LogP contribution in [0.15, 0.2) is 18.3 Å². The van der Waals surface area contributed by atoms with Crippen LogP contribution < -0.4 is 14.8 Å². The van der Waals surface area contributed by atoms with E-state index in [9.17, 15) is 4.79 Å². The van der Waals surface area contributed by atoms with Gasteiger partial charge in [0.2, 0.25) is 11.8 Å². The van der Waals surface area contributed by atoms with E-state index in [0.717, 1.165) is 15.4 Å². The minimum Gasteiger partial charge on any atom is -0.477 e. The Labute approximate surface area is 163 Å². The second-order valence-corrected chi connectivity index (χ2v) is 9.22. The van der Waals surface area contributed by atoms with Crippen LogP contribution in [-0.4, -0.2) is 22.7 Å². The van der Waals surface area contributed by atoms with Crippen LogP contribution in [-0.2, 0) is 5.54 Å². The van der Waals surface area contributed by atoms with E-state index < -0.39 is 11.6 Å². The molecule has 7 heteroatoms. The molecule has 0 spiro atoms. The molecule has 2 aliphatic rings. The van der Waals surface area contributed by atoms with Crippen LogP contribution in [0.25, 0.3) is 0 Å². The first kappa shape index (κ1) is 18.2. The summed E-state index contributed by atoms with van der Waals surface area (Å²) in [6.45, 7) is 6.49. The number of aromatic nitrogens is 2. The monoisotopic (exact) mass is 387 g/mol. The molecule has 2 aliphatic carbocycles. The minimum atomic E-state index is -0.616. The molecule has 2 saturated carbocycles. The van der Waals surface area contributed by atoms with Crippen molar-refractivity contribution in [1.82, 2.24) is 15.3 Å². The highest BCUT2D eigenvalue weighted by atomic mass is 32.1. The highest BCUT2D eigenvalue weighted by Gasteiger charge is 2.30. The highest BCUT2D eigenvalue weighted by molar-refractivity contribution is 7.11. The Hall–Kier alpha value is -2.15. The van der Waals surface area contributed by atoms with E-state index in [0.29, 0.717) is 24.3 Å². The molecule has 2 aromatic heterocycles. The van der Waals surface area contributed by atoms with Gasteiger partial charge in [0.25, 0.3) is 0 Å². The van der Waals surface area contributed by atoms with Crippen LogP contribution in [0.1, 0.15) is 60.9 Å². The number of rotatable bonds is 7. The smallest absolute Gasteiger partial charge is 0.414 e. The summed E-state index contributed by atoms with van der Waals surface area (Å²) >= 11 is 1.56. The van der Waals surface area contributed by atoms with E-state index in [1.807, 2.05) is 26.8 Å². The van der Waals surface area contributed by atoms with E-state index in [1.54, 1.807) is 23.6 Å². The molecule has 0 saturated heterocycles. The van der Waals surface area contributed by atoms with Gasteiger partial charge in [-0.05, 0) is 64.4 Å². The lowest BCUT2D eigenvalue weighted by molar-refractivity contribution is 0.185. The van der Waals surface area contributed by atoms with Gasteiger partial charge in [-0.15, -0.1) is 11.3 Å². The Kier molecular flexibility index (Phi) is 4.80. The molecule has 6 nitrogen and oxygen atoms in total. The lowest BCUT2D eigenvalue weighted by Gasteiger charge is -2.23. The van der Waals surface area contributed by atoms with E-state index >= 15 is 0 Å². The lowest BCUT2D eigenvalue weighted by Crippen LogP contribution is -2.42. The van der Waals surface area contributed by atoms with Crippen molar-refractivity contribution in [2.75, 3.05) is 6.61 Å². The van der Waals surface area contributed by atoms with E-state index in [4.69, 9.17) is 9.47 Å². The number of carbonyl (C=O) groups is 1. The van der Waals surface area contributed by atoms with Gasteiger partial charge in [-0.2, -0.15) is 4.98 Å². The SMILES string of the molecule is Cc1cnc(C(C)(C)NC(=O)Oc2ccc(C3CC3)c(OCC3CC3)n2)s1. The summed E-state index contributed by atoms with van der Waals surface area (Å²) in [7, 11) is 0. The number of hydrogen-bond donors (Lipinski definition) is 1. The van der Waals surface area contributed by atoms with Crippen molar-refractivity contribution >= 4 is 17.4 Å². The van der Waals surface area contributed by atoms with E-state index in [2.05, 4.69) is 15.3 Å². The topological polar surface area (TPSA) is 73.3 Å². The summed E-state index contributed by atoms with van der Waals surface area (Å²) in [6.07, 6.45) is 6.04. The van der Waals surface area contributed by atoms with Gasteiger partial charge in [0.05, 0.1) is 12.1 Å². The maximum atomic E-state index is 12.4. The van der Waals surface area contributed by atoms with E-state index in [-0.39, 0.29) is 5.88 Å². The fourth-order valence-electron chi connectivity index (χ4n) is 2.87. The molecule has 27 heavy (non-hydrogen) atoms. The molecule has 4 rings (SSSR count). The third kappa shape index (κ3) is 4.58. The Morgan fingerprint density at radius 1 is 1.30 bits per heavy atom. The number of nitrogens with one attached hydrogen (secondary N) is 1. The summed E-state index contributed by atoms with van der Waals surface area (Å²) < 4.78 is 11.4. The molecule has 144 valence electrons. The second kappa shape index (κ2) is 7.11. The molecule has 0 bridgehead atoms. The van der Waals surface area contributed by atoms with Gasteiger partial charge in [0, 0.05) is 22.7 Å². The zero-order valence-electron chi connectivity index (χ0n) is 15.9. The van der Waals surface area contributed by atoms with Gasteiger partial charge in [0.15, 0.2) is 0 Å². The first-order chi connectivity index (χ1) is 12.9. The second-order valence-electron chi connectivity index (χ2n) is 7.99. The first-order valence-electron chi connectivity index (χ1n) is 9.47. The molecule has 0 aromatic carbocycles. The van der Waals surface area contributed by atoms with Gasteiger partial charge in [-0.3, -0.25) is 0 Å². The molecular weight excluding hydrogens is 362 g/mol. The van der Waals surface area contributed by atoms with Crippen molar-refractivity contribution in [2.45, 2.75) is 57.9 Å². The average molecular weight is 388 g/mol. The molecular formula is C20H25N3O3S. The summed E-state index contributed by atoms with van der Waals surface area (Å²) in [6, 6.07) is 3.72. The molecule has 2 heterocycles. The zero-order valence-corrected chi connectivity index (χ0v) is 16.8. The molecule has 1 N–H and O–H groups in total. The standard InChI is InChI=1S/C20H25N3O3S/c1-12-10-21-18(27-12)20(2,3)23-19(24)26-16-9-8-15(14-6-7-14)17(22-16)25-11-13-4-5-13/h8-10,13-14H,4-7,11H2,1-3H3,(H,23,24). The number of nitrogens with zero attached hydrogens (tertiary/aromatic N) is 2. The van der Waals surface area contributed by atoms with Crippen molar-refractivity contribution < 1.29 is 14.3 Å². The van der Waals surface area contributed by atoms with Crippen molar-refractivity contribution in [2.24, 2.45) is 5.92 Å². The van der Waals surface area contributed by atoms with Crippen LogP contribution in [0, 0.1) is 12.8 Å². The van der Waals surface area contributed by atoms with E-state index in [1.165, 1.54) is 25.7 Å². The third-order valence-electron chi connectivity index (χ3n) is 4.80. The van der Waals surface area contributed by atoms with Gasteiger partial charge in [0.1, 0.15) is 5.01 Å². The molecule has 0 aliphatic heterocycles. The number of pyridine rings is 1. The minimum absolute atomic E-state index is 0.258. The molecule has 0 unspecified atom stereocenters.